The van der Waals surface area contributed by atoms with Crippen LogP contribution in [-0.4, -0.2) is 63.9 Å². The molecule has 0 fully saturated rings. The molecule has 2 N–H and O–H groups in total. The van der Waals surface area contributed by atoms with Crippen LogP contribution in [0.4, 0.5) is 4.39 Å². The molecule has 1 aromatic carbocycles. The second kappa shape index (κ2) is 10.5. The van der Waals surface area contributed by atoms with Crippen LogP contribution in [0.5, 0.6) is 5.75 Å². The Morgan fingerprint density at radius 3 is 2.19 bits per heavy atom. The Morgan fingerprint density at radius 1 is 0.952 bits per heavy atom. The van der Waals surface area contributed by atoms with Gasteiger partial charge in [0.15, 0.2) is 0 Å². The van der Waals surface area contributed by atoms with Crippen molar-refractivity contribution in [3.05, 3.63) is 24.0 Å². The molecule has 0 saturated carbocycles. The second-order valence-electron chi connectivity index (χ2n) is 4.16. The van der Waals surface area contributed by atoms with Crippen molar-refractivity contribution in [2.24, 2.45) is 0 Å². The molecule has 0 aliphatic carbocycles. The Morgan fingerprint density at radius 2 is 1.57 bits per heavy atom. The normalized spacial score (nSPS) is 10.7. The molecule has 8 heteroatoms. The van der Waals surface area contributed by atoms with Crippen LogP contribution in [0.2, 0.25) is 0 Å². The molecule has 0 aliphatic rings. The number of halogens is 1. The van der Waals surface area contributed by atoms with E-state index in [0.717, 1.165) is 6.07 Å². The van der Waals surface area contributed by atoms with Crippen molar-refractivity contribution >= 4 is 12.6 Å². The Kier molecular flexibility index (Phi) is 8.96. The van der Waals surface area contributed by atoms with Crippen molar-refractivity contribution in [3.8, 4) is 5.75 Å². The van der Waals surface area contributed by atoms with Crippen LogP contribution in [0.25, 0.3) is 0 Å². The van der Waals surface area contributed by atoms with Crippen molar-refractivity contribution in [1.82, 2.24) is 0 Å². The third-order valence-electron chi connectivity index (χ3n) is 2.49. The van der Waals surface area contributed by atoms with Crippen LogP contribution in [0, 0.1) is 5.82 Å². The molecule has 0 bridgehead atoms. The van der Waals surface area contributed by atoms with E-state index in [1.165, 1.54) is 12.1 Å². The standard InChI is InChI=1S/C13H20BFO6/c1-18-2-3-19-4-5-20-6-7-21-13-9-11(14(16)17)8-12(15)10-13/h8-10,16-17H,2-7H2,1H3. The van der Waals surface area contributed by atoms with Gasteiger partial charge < -0.3 is 29.0 Å². The van der Waals surface area contributed by atoms with Crippen molar-refractivity contribution in [1.29, 1.82) is 0 Å². The fourth-order valence-corrected chi connectivity index (χ4v) is 1.50. The first kappa shape index (κ1) is 17.9. The number of methoxy groups -OCH3 is 1. The molecule has 0 amide bonds. The number of hydrogen-bond donors (Lipinski definition) is 2. The van der Waals surface area contributed by atoms with Gasteiger partial charge in [0, 0.05) is 13.2 Å². The van der Waals surface area contributed by atoms with Crippen LogP contribution in [-0.2, 0) is 14.2 Å². The van der Waals surface area contributed by atoms with Crippen LogP contribution < -0.4 is 10.2 Å². The lowest BCUT2D eigenvalue weighted by Crippen LogP contribution is -2.30. The summed E-state index contributed by atoms with van der Waals surface area (Å²) < 4.78 is 33.8. The summed E-state index contributed by atoms with van der Waals surface area (Å²) in [7, 11) is -0.131. The van der Waals surface area contributed by atoms with Gasteiger partial charge in [-0.05, 0) is 17.6 Å². The van der Waals surface area contributed by atoms with Crippen LogP contribution in [0.15, 0.2) is 18.2 Å². The van der Waals surface area contributed by atoms with Gasteiger partial charge in [-0.25, -0.2) is 4.39 Å². The quantitative estimate of drug-likeness (QED) is 0.426. The summed E-state index contributed by atoms with van der Waals surface area (Å²) in [5.41, 5.74) is 0.0393. The van der Waals surface area contributed by atoms with E-state index in [4.69, 9.17) is 29.0 Å². The van der Waals surface area contributed by atoms with Crippen molar-refractivity contribution < 1.29 is 33.4 Å². The van der Waals surface area contributed by atoms with Crippen molar-refractivity contribution in [3.63, 3.8) is 0 Å². The molecule has 21 heavy (non-hydrogen) atoms. The predicted molar refractivity (Wildman–Crippen MR) is 75.2 cm³/mol. The van der Waals surface area contributed by atoms with Crippen LogP contribution in [0.3, 0.4) is 0 Å². The Hall–Kier alpha value is -1.19. The zero-order chi connectivity index (χ0) is 15.5. The van der Waals surface area contributed by atoms with Crippen LogP contribution >= 0.6 is 0 Å². The van der Waals surface area contributed by atoms with E-state index in [9.17, 15) is 4.39 Å². The van der Waals surface area contributed by atoms with Gasteiger partial charge in [-0.15, -0.1) is 0 Å². The first-order chi connectivity index (χ1) is 10.1. The summed E-state index contributed by atoms with van der Waals surface area (Å²) in [4.78, 5) is 0. The molecule has 1 aromatic rings. The minimum absolute atomic E-state index is 0.0393. The second-order valence-corrected chi connectivity index (χ2v) is 4.16. The van der Waals surface area contributed by atoms with E-state index in [2.05, 4.69) is 0 Å². The number of benzene rings is 1. The van der Waals surface area contributed by atoms with E-state index in [1.807, 2.05) is 0 Å². The van der Waals surface area contributed by atoms with E-state index in [0.29, 0.717) is 33.0 Å². The smallest absolute Gasteiger partial charge is 0.488 e. The number of hydrogen-bond acceptors (Lipinski definition) is 6. The lowest BCUT2D eigenvalue weighted by molar-refractivity contribution is 0.0179. The summed E-state index contributed by atoms with van der Waals surface area (Å²) in [6.07, 6.45) is 0. The average molecular weight is 302 g/mol. The number of ether oxygens (including phenoxy) is 4. The molecule has 0 aliphatic heterocycles. The minimum atomic E-state index is -1.73. The van der Waals surface area contributed by atoms with E-state index in [1.54, 1.807) is 7.11 Å². The van der Waals surface area contributed by atoms with Gasteiger partial charge in [0.1, 0.15) is 18.2 Å². The van der Waals surface area contributed by atoms with Gasteiger partial charge in [0.2, 0.25) is 0 Å². The topological polar surface area (TPSA) is 77.4 Å². The summed E-state index contributed by atoms with van der Waals surface area (Å²) in [6.45, 7) is 2.50. The maximum Gasteiger partial charge on any atom is 0.488 e. The molecular formula is C13H20BFO6. The van der Waals surface area contributed by atoms with Crippen LogP contribution in [0.1, 0.15) is 0 Å². The Labute approximate surface area is 123 Å². The Bertz CT molecular complexity index is 404. The number of rotatable bonds is 11. The maximum atomic E-state index is 13.2. The third-order valence-corrected chi connectivity index (χ3v) is 2.49. The van der Waals surface area contributed by atoms with Gasteiger partial charge >= 0.3 is 7.12 Å². The molecule has 1 rings (SSSR count). The van der Waals surface area contributed by atoms with Gasteiger partial charge in [-0.2, -0.15) is 0 Å². The van der Waals surface area contributed by atoms with Gasteiger partial charge in [0.05, 0.1) is 33.0 Å². The summed E-state index contributed by atoms with van der Waals surface area (Å²) >= 11 is 0. The molecule has 0 heterocycles. The first-order valence-electron chi connectivity index (χ1n) is 6.57. The fraction of sp³-hybridized carbons (Fsp3) is 0.538. The molecule has 0 radical (unpaired) electrons. The largest absolute Gasteiger partial charge is 0.491 e. The molecule has 0 atom stereocenters. The molecular weight excluding hydrogens is 282 g/mol. The summed E-state index contributed by atoms with van der Waals surface area (Å²) in [5, 5.41) is 18.0. The first-order valence-corrected chi connectivity index (χ1v) is 6.57. The molecule has 0 aromatic heterocycles. The monoisotopic (exact) mass is 302 g/mol. The molecule has 6 nitrogen and oxygen atoms in total. The molecule has 0 unspecified atom stereocenters. The van der Waals surface area contributed by atoms with Gasteiger partial charge in [-0.1, -0.05) is 0 Å². The third kappa shape index (κ3) is 7.98. The molecule has 0 spiro atoms. The highest BCUT2D eigenvalue weighted by molar-refractivity contribution is 6.58. The fourth-order valence-electron chi connectivity index (χ4n) is 1.50. The Balaban J connectivity index is 2.15. The predicted octanol–water partition coefficient (Wildman–Crippen LogP) is -0.436. The molecule has 0 saturated heterocycles. The van der Waals surface area contributed by atoms with Gasteiger partial charge in [-0.3, -0.25) is 0 Å². The zero-order valence-electron chi connectivity index (χ0n) is 12.0. The summed E-state index contributed by atoms with van der Waals surface area (Å²) in [5.74, 6) is -0.374. The minimum Gasteiger partial charge on any atom is -0.491 e. The van der Waals surface area contributed by atoms with Gasteiger partial charge in [0.25, 0.3) is 0 Å². The SMILES string of the molecule is COCCOCCOCCOc1cc(F)cc(B(O)O)c1. The van der Waals surface area contributed by atoms with Crippen molar-refractivity contribution in [2.75, 3.05) is 46.8 Å². The highest BCUT2D eigenvalue weighted by atomic mass is 19.1. The van der Waals surface area contributed by atoms with E-state index < -0.39 is 12.9 Å². The zero-order valence-corrected chi connectivity index (χ0v) is 12.0. The maximum absolute atomic E-state index is 13.2. The highest BCUT2D eigenvalue weighted by Gasteiger charge is 2.13. The average Bonchev–Trinajstić information content (AvgIpc) is 2.45. The van der Waals surface area contributed by atoms with E-state index in [-0.39, 0.29) is 17.8 Å². The molecule has 118 valence electrons. The van der Waals surface area contributed by atoms with Crippen molar-refractivity contribution in [2.45, 2.75) is 0 Å². The summed E-state index contributed by atoms with van der Waals surface area (Å²) in [6, 6.07) is 3.56. The highest BCUT2D eigenvalue weighted by Crippen LogP contribution is 2.10. The van der Waals surface area contributed by atoms with E-state index >= 15 is 0 Å². The lowest BCUT2D eigenvalue weighted by atomic mass is 9.80. The lowest BCUT2D eigenvalue weighted by Gasteiger charge is -2.09.